The van der Waals surface area contributed by atoms with Gasteiger partial charge in [0.15, 0.2) is 5.82 Å². The van der Waals surface area contributed by atoms with E-state index in [1.54, 1.807) is 4.68 Å². The number of rotatable bonds is 9. The van der Waals surface area contributed by atoms with Crippen LogP contribution in [0.15, 0.2) is 54.6 Å². The minimum absolute atomic E-state index is 0.422. The highest BCUT2D eigenvalue weighted by molar-refractivity contribution is 6.76. The summed E-state index contributed by atoms with van der Waals surface area (Å²) < 4.78 is 13.1. The van der Waals surface area contributed by atoms with Crippen LogP contribution >= 0.6 is 11.6 Å². The molecule has 0 aliphatic carbocycles. The first-order valence-electron chi connectivity index (χ1n) is 10.6. The fraction of sp³-hybridized carbons (Fsp3) is 0.333. The lowest BCUT2D eigenvalue weighted by Crippen LogP contribution is -2.24. The highest BCUT2D eigenvalue weighted by Gasteiger charge is 2.15. The van der Waals surface area contributed by atoms with E-state index in [2.05, 4.69) is 30.1 Å². The topological polar surface area (TPSA) is 65.4 Å². The van der Waals surface area contributed by atoms with Crippen molar-refractivity contribution in [2.45, 2.75) is 45.8 Å². The van der Waals surface area contributed by atoms with E-state index in [0.717, 1.165) is 28.6 Å². The molecule has 0 aliphatic heterocycles. The van der Waals surface area contributed by atoms with Crippen LogP contribution in [0, 0.1) is 6.92 Å². The monoisotopic (exact) mass is 471 g/mol. The molecule has 1 heterocycles. The van der Waals surface area contributed by atoms with E-state index >= 15 is 0 Å². The predicted octanol–water partition coefficient (Wildman–Crippen LogP) is 6.36. The first-order valence-corrected chi connectivity index (χ1v) is 14.7. The van der Waals surface area contributed by atoms with Crippen molar-refractivity contribution in [2.75, 3.05) is 11.9 Å². The molecule has 0 fully saturated rings. The molecule has 1 aromatic heterocycles. The Bertz CT molecular complexity index is 1050. The highest BCUT2D eigenvalue weighted by Crippen LogP contribution is 2.25. The molecule has 3 aromatic rings. The van der Waals surface area contributed by atoms with Gasteiger partial charge in [-0.1, -0.05) is 61.6 Å². The summed E-state index contributed by atoms with van der Waals surface area (Å²) in [5, 5.41) is 7.84. The molecule has 32 heavy (non-hydrogen) atoms. The summed E-state index contributed by atoms with van der Waals surface area (Å²) in [6.07, 6.45) is -0.484. The van der Waals surface area contributed by atoms with Gasteiger partial charge < -0.3 is 9.47 Å². The van der Waals surface area contributed by atoms with Gasteiger partial charge in [0.05, 0.1) is 13.2 Å². The van der Waals surface area contributed by atoms with Crippen LogP contribution in [0.3, 0.4) is 0 Å². The maximum Gasteiger partial charge on any atom is 0.412 e. The summed E-state index contributed by atoms with van der Waals surface area (Å²) in [6.45, 7) is 10.0. The minimum atomic E-state index is -1.25. The number of nitrogens with zero attached hydrogens (tertiary/aromatic N) is 2. The summed E-state index contributed by atoms with van der Waals surface area (Å²) in [5.74, 6) is 1.20. The van der Waals surface area contributed by atoms with Crippen molar-refractivity contribution in [1.29, 1.82) is 0 Å². The van der Waals surface area contributed by atoms with Crippen molar-refractivity contribution in [1.82, 2.24) is 9.78 Å². The largest absolute Gasteiger partial charge is 0.489 e. The predicted molar refractivity (Wildman–Crippen MR) is 131 cm³/mol. The quantitative estimate of drug-likeness (QED) is 0.369. The molecule has 0 unspecified atom stereocenters. The van der Waals surface area contributed by atoms with Crippen LogP contribution in [-0.4, -0.2) is 30.6 Å². The number of carbonyl (C=O) groups is 1. The van der Waals surface area contributed by atoms with Gasteiger partial charge in [0.25, 0.3) is 0 Å². The van der Waals surface area contributed by atoms with Gasteiger partial charge in [-0.25, -0.2) is 4.79 Å². The molecule has 0 saturated carbocycles. The highest BCUT2D eigenvalue weighted by atomic mass is 35.5. The average molecular weight is 472 g/mol. The molecule has 8 heteroatoms. The van der Waals surface area contributed by atoms with Crippen molar-refractivity contribution in [3.63, 3.8) is 0 Å². The maximum atomic E-state index is 12.1. The van der Waals surface area contributed by atoms with E-state index in [-0.39, 0.29) is 0 Å². The number of benzene rings is 2. The van der Waals surface area contributed by atoms with Crippen molar-refractivity contribution >= 4 is 31.6 Å². The molecule has 2 aromatic carbocycles. The summed E-state index contributed by atoms with van der Waals surface area (Å²) in [5.41, 5.74) is 2.89. The molecule has 1 N–H and O–H groups in total. The first kappa shape index (κ1) is 23.9. The maximum absolute atomic E-state index is 12.1. The van der Waals surface area contributed by atoms with Gasteiger partial charge >= 0.3 is 6.09 Å². The minimum Gasteiger partial charge on any atom is -0.489 e. The van der Waals surface area contributed by atoms with Crippen molar-refractivity contribution < 1.29 is 14.3 Å². The third-order valence-electron chi connectivity index (χ3n) is 4.88. The number of aryl methyl sites for hydroxylation is 1. The average Bonchev–Trinajstić information content (AvgIpc) is 3.05. The van der Waals surface area contributed by atoms with E-state index in [9.17, 15) is 4.79 Å². The van der Waals surface area contributed by atoms with E-state index in [4.69, 9.17) is 21.1 Å². The number of ether oxygens (including phenoxy) is 2. The standard InChI is InChI=1S/C24H30ClN3O3Si/c1-18-14-23(26-24(29)30-12-13-32(2,3)4)27-28(18)16-20-15-21(25)10-11-22(20)31-17-19-8-6-5-7-9-19/h5-11,14-15H,12-13,16-17H2,1-4H3,(H,26,27,29). The summed E-state index contributed by atoms with van der Waals surface area (Å²) in [4.78, 5) is 12.1. The number of carbonyl (C=O) groups excluding carboxylic acids is 1. The summed E-state index contributed by atoms with van der Waals surface area (Å²) in [6, 6.07) is 18.3. The molecule has 3 rings (SSSR count). The van der Waals surface area contributed by atoms with Gasteiger partial charge in [0, 0.05) is 30.4 Å². The van der Waals surface area contributed by atoms with Crippen LogP contribution in [0.25, 0.3) is 0 Å². The lowest BCUT2D eigenvalue weighted by atomic mass is 10.2. The Hall–Kier alpha value is -2.77. The van der Waals surface area contributed by atoms with Crippen LogP contribution in [0.4, 0.5) is 10.6 Å². The molecule has 0 atom stereocenters. The molecule has 6 nitrogen and oxygen atoms in total. The Morgan fingerprint density at radius 3 is 2.59 bits per heavy atom. The van der Waals surface area contributed by atoms with Crippen molar-refractivity contribution in [3.8, 4) is 5.75 Å². The number of hydrogen-bond donors (Lipinski definition) is 1. The molecular weight excluding hydrogens is 442 g/mol. The van der Waals surface area contributed by atoms with Crippen LogP contribution < -0.4 is 10.1 Å². The zero-order chi connectivity index (χ0) is 23.1. The summed E-state index contributed by atoms with van der Waals surface area (Å²) in [7, 11) is -1.25. The zero-order valence-corrected chi connectivity index (χ0v) is 20.8. The lowest BCUT2D eigenvalue weighted by molar-refractivity contribution is 0.167. The van der Waals surface area contributed by atoms with Crippen molar-refractivity contribution in [3.05, 3.63) is 76.4 Å². The number of halogens is 1. The van der Waals surface area contributed by atoms with Gasteiger partial charge in [-0.05, 0) is 36.7 Å². The fourth-order valence-corrected chi connectivity index (χ4v) is 3.94. The zero-order valence-electron chi connectivity index (χ0n) is 19.0. The SMILES string of the molecule is Cc1cc(NC(=O)OCC[Si](C)(C)C)nn1Cc1cc(Cl)ccc1OCc1ccccc1. The smallest absolute Gasteiger partial charge is 0.412 e. The van der Waals surface area contributed by atoms with E-state index in [0.29, 0.717) is 30.6 Å². The Kier molecular flexibility index (Phi) is 7.98. The van der Waals surface area contributed by atoms with Gasteiger partial charge in [-0.3, -0.25) is 10.00 Å². The molecule has 0 aliphatic rings. The van der Waals surface area contributed by atoms with Gasteiger partial charge in [0.1, 0.15) is 12.4 Å². The third-order valence-corrected chi connectivity index (χ3v) is 6.82. The molecule has 0 bridgehead atoms. The Morgan fingerprint density at radius 2 is 1.88 bits per heavy atom. The number of hydrogen-bond acceptors (Lipinski definition) is 4. The van der Waals surface area contributed by atoms with Gasteiger partial charge in [-0.15, -0.1) is 0 Å². The van der Waals surface area contributed by atoms with Crippen LogP contribution in [0.2, 0.25) is 30.7 Å². The Labute approximate surface area is 195 Å². The van der Waals surface area contributed by atoms with E-state index in [1.807, 2.05) is 61.5 Å². The summed E-state index contributed by atoms with van der Waals surface area (Å²) >= 11 is 6.24. The number of amides is 1. The molecule has 170 valence electrons. The third kappa shape index (κ3) is 7.42. The normalized spacial score (nSPS) is 11.3. The lowest BCUT2D eigenvalue weighted by Gasteiger charge is -2.15. The van der Waals surface area contributed by atoms with Crippen LogP contribution in [0.5, 0.6) is 5.75 Å². The Balaban J connectivity index is 1.65. The number of nitrogens with one attached hydrogen (secondary N) is 1. The van der Waals surface area contributed by atoms with Crippen LogP contribution in [-0.2, 0) is 17.9 Å². The second kappa shape index (κ2) is 10.7. The van der Waals surface area contributed by atoms with Gasteiger partial charge in [-0.2, -0.15) is 5.10 Å². The van der Waals surface area contributed by atoms with E-state index < -0.39 is 14.2 Å². The molecule has 0 saturated heterocycles. The second-order valence-electron chi connectivity index (χ2n) is 8.93. The van der Waals surface area contributed by atoms with Gasteiger partial charge in [0.2, 0.25) is 0 Å². The van der Waals surface area contributed by atoms with E-state index in [1.165, 1.54) is 0 Å². The molecule has 1 amide bonds. The number of aromatic nitrogens is 2. The first-order chi connectivity index (χ1) is 15.2. The second-order valence-corrected chi connectivity index (χ2v) is 15.0. The number of anilines is 1. The molecule has 0 spiro atoms. The Morgan fingerprint density at radius 1 is 1.12 bits per heavy atom. The van der Waals surface area contributed by atoms with Crippen LogP contribution in [0.1, 0.15) is 16.8 Å². The fourth-order valence-electron chi connectivity index (χ4n) is 3.03. The molecular formula is C24H30ClN3O3Si. The van der Waals surface area contributed by atoms with Crippen molar-refractivity contribution in [2.24, 2.45) is 0 Å². The molecule has 0 radical (unpaired) electrons.